The predicted molar refractivity (Wildman–Crippen MR) is 84.3 cm³/mol. The fourth-order valence-corrected chi connectivity index (χ4v) is 2.68. The van der Waals surface area contributed by atoms with E-state index >= 15 is 0 Å². The van der Waals surface area contributed by atoms with Crippen molar-refractivity contribution in [3.63, 3.8) is 0 Å². The molecule has 27 heavy (non-hydrogen) atoms. The second-order valence-corrected chi connectivity index (χ2v) is 6.90. The smallest absolute Gasteiger partial charge is 0.496 e. The van der Waals surface area contributed by atoms with Crippen LogP contribution in [0.25, 0.3) is 0 Å². The Balaban J connectivity index is 2.29. The molecule has 0 N–H and O–H groups in total. The van der Waals surface area contributed by atoms with Crippen molar-refractivity contribution >= 4 is 21.5 Å². The minimum Gasteiger partial charge on any atom is -0.496 e. The summed E-state index contributed by atoms with van der Waals surface area (Å²) in [6.45, 7) is 0. The number of alkyl halides is 3. The number of carbonyl (C=O) groups excluding carboxylic acids is 1. The maximum absolute atomic E-state index is 12.5. The summed E-state index contributed by atoms with van der Waals surface area (Å²) < 4.78 is 69.7. The highest BCUT2D eigenvalue weighted by Crippen LogP contribution is 2.32. The SMILES string of the molecule is COc1ccc(OC(=O)c2ccc(S(=O)(=O)C(F)(F)F)cc2)c([N+](=O)[O-])c1. The van der Waals surface area contributed by atoms with Gasteiger partial charge in [-0.15, -0.1) is 0 Å². The second kappa shape index (κ2) is 7.23. The van der Waals surface area contributed by atoms with Crippen LogP contribution in [0.15, 0.2) is 47.4 Å². The van der Waals surface area contributed by atoms with Crippen LogP contribution in [0.2, 0.25) is 0 Å². The third-order valence-electron chi connectivity index (χ3n) is 3.27. The molecular weight excluding hydrogens is 395 g/mol. The lowest BCUT2D eigenvalue weighted by Crippen LogP contribution is -2.23. The van der Waals surface area contributed by atoms with Gasteiger partial charge in [-0.25, -0.2) is 13.2 Å². The van der Waals surface area contributed by atoms with Crippen molar-refractivity contribution in [3.05, 3.63) is 58.1 Å². The highest BCUT2D eigenvalue weighted by molar-refractivity contribution is 7.92. The molecule has 144 valence electrons. The molecule has 0 unspecified atom stereocenters. The summed E-state index contributed by atoms with van der Waals surface area (Å²) in [6, 6.07) is 6.20. The van der Waals surface area contributed by atoms with E-state index in [0.29, 0.717) is 12.1 Å². The van der Waals surface area contributed by atoms with Gasteiger partial charge in [-0.05, 0) is 36.4 Å². The van der Waals surface area contributed by atoms with Gasteiger partial charge in [0.25, 0.3) is 9.84 Å². The van der Waals surface area contributed by atoms with E-state index in [2.05, 4.69) is 0 Å². The van der Waals surface area contributed by atoms with E-state index in [4.69, 9.17) is 9.47 Å². The minimum absolute atomic E-state index is 0.142. The fourth-order valence-electron chi connectivity index (χ4n) is 1.92. The average Bonchev–Trinajstić information content (AvgIpc) is 2.61. The molecule has 0 bridgehead atoms. The van der Waals surface area contributed by atoms with Crippen molar-refractivity contribution < 1.29 is 40.8 Å². The van der Waals surface area contributed by atoms with Crippen LogP contribution in [-0.2, 0) is 9.84 Å². The summed E-state index contributed by atoms with van der Waals surface area (Å²) in [4.78, 5) is 21.2. The van der Waals surface area contributed by atoms with Crippen LogP contribution in [0.4, 0.5) is 18.9 Å². The Hall–Kier alpha value is -3.15. The van der Waals surface area contributed by atoms with Crippen LogP contribution in [0.1, 0.15) is 10.4 Å². The molecule has 0 fully saturated rings. The molecule has 0 spiro atoms. The highest BCUT2D eigenvalue weighted by atomic mass is 32.2. The first kappa shape index (κ1) is 20.2. The number of sulfone groups is 1. The molecule has 0 saturated heterocycles. The number of nitro benzene ring substituents is 1. The average molecular weight is 405 g/mol. The van der Waals surface area contributed by atoms with Crippen LogP contribution in [0, 0.1) is 10.1 Å². The number of methoxy groups -OCH3 is 1. The first-order chi connectivity index (χ1) is 12.5. The summed E-state index contributed by atoms with van der Waals surface area (Å²) in [5.41, 5.74) is -6.36. The van der Waals surface area contributed by atoms with Gasteiger partial charge in [0.05, 0.1) is 28.6 Å². The van der Waals surface area contributed by atoms with Crippen molar-refractivity contribution in [1.29, 1.82) is 0 Å². The number of halogens is 3. The van der Waals surface area contributed by atoms with Crippen molar-refractivity contribution in [2.75, 3.05) is 7.11 Å². The normalized spacial score (nSPS) is 11.7. The number of hydrogen-bond donors (Lipinski definition) is 0. The molecule has 2 rings (SSSR count). The molecule has 0 aliphatic rings. The predicted octanol–water partition coefficient (Wildman–Crippen LogP) is 3.12. The largest absolute Gasteiger partial charge is 0.501 e. The van der Waals surface area contributed by atoms with Crippen LogP contribution in [0.3, 0.4) is 0 Å². The van der Waals surface area contributed by atoms with E-state index in [1.165, 1.54) is 13.2 Å². The first-order valence-corrected chi connectivity index (χ1v) is 8.41. The highest BCUT2D eigenvalue weighted by Gasteiger charge is 2.46. The van der Waals surface area contributed by atoms with Crippen molar-refractivity contribution in [2.24, 2.45) is 0 Å². The van der Waals surface area contributed by atoms with Gasteiger partial charge in [0.1, 0.15) is 5.75 Å². The number of carbonyl (C=O) groups is 1. The molecule has 12 heteroatoms. The quantitative estimate of drug-likeness (QED) is 0.325. The molecule has 0 atom stereocenters. The lowest BCUT2D eigenvalue weighted by molar-refractivity contribution is -0.385. The summed E-state index contributed by atoms with van der Waals surface area (Å²) in [5.74, 6) is -1.40. The fraction of sp³-hybridized carbons (Fsp3) is 0.133. The van der Waals surface area contributed by atoms with Crippen molar-refractivity contribution in [3.8, 4) is 11.5 Å². The molecule has 0 heterocycles. The van der Waals surface area contributed by atoms with E-state index in [0.717, 1.165) is 24.3 Å². The number of benzene rings is 2. The molecule has 0 aliphatic carbocycles. The van der Waals surface area contributed by atoms with Gasteiger partial charge in [-0.3, -0.25) is 10.1 Å². The van der Waals surface area contributed by atoms with Crippen molar-refractivity contribution in [1.82, 2.24) is 0 Å². The molecule has 2 aromatic carbocycles. The Bertz CT molecular complexity index is 985. The minimum atomic E-state index is -5.56. The van der Waals surface area contributed by atoms with Gasteiger partial charge < -0.3 is 9.47 Å². The molecule has 0 saturated carbocycles. The molecule has 2 aromatic rings. The maximum Gasteiger partial charge on any atom is 0.501 e. The van der Waals surface area contributed by atoms with Gasteiger partial charge in [-0.2, -0.15) is 13.2 Å². The topological polar surface area (TPSA) is 113 Å². The van der Waals surface area contributed by atoms with Gasteiger partial charge in [0, 0.05) is 0 Å². The number of rotatable bonds is 5. The molecule has 0 radical (unpaired) electrons. The molecule has 0 amide bonds. The zero-order valence-electron chi connectivity index (χ0n) is 13.4. The van der Waals surface area contributed by atoms with Crippen LogP contribution >= 0.6 is 0 Å². The summed E-state index contributed by atoms with van der Waals surface area (Å²) in [6.07, 6.45) is 0. The maximum atomic E-state index is 12.5. The van der Waals surface area contributed by atoms with Gasteiger partial charge >= 0.3 is 17.2 Å². The zero-order chi connectivity index (χ0) is 20.4. The monoisotopic (exact) mass is 405 g/mol. The van der Waals surface area contributed by atoms with E-state index < -0.39 is 42.6 Å². The molecule has 0 aromatic heterocycles. The van der Waals surface area contributed by atoms with E-state index in [-0.39, 0.29) is 11.3 Å². The zero-order valence-corrected chi connectivity index (χ0v) is 14.2. The van der Waals surface area contributed by atoms with Crippen molar-refractivity contribution in [2.45, 2.75) is 10.4 Å². The summed E-state index contributed by atoms with van der Waals surface area (Å²) in [7, 11) is -4.28. The third kappa shape index (κ3) is 4.16. The second-order valence-electron chi connectivity index (χ2n) is 4.95. The van der Waals surface area contributed by atoms with E-state index in [1.807, 2.05) is 0 Å². The van der Waals surface area contributed by atoms with E-state index in [1.54, 1.807) is 0 Å². The lowest BCUT2D eigenvalue weighted by Gasteiger charge is -2.09. The number of hydrogen-bond acceptors (Lipinski definition) is 7. The Morgan fingerprint density at radius 1 is 1.11 bits per heavy atom. The van der Waals surface area contributed by atoms with Gasteiger partial charge in [0.15, 0.2) is 0 Å². The standard InChI is InChI=1S/C15H10F3NO7S/c1-25-10-4-7-13(12(8-10)19(21)22)26-14(20)9-2-5-11(6-3-9)27(23,24)15(16,17)18/h2-8H,1H3. The van der Waals surface area contributed by atoms with Crippen LogP contribution in [-0.4, -0.2) is 31.9 Å². The third-order valence-corrected chi connectivity index (χ3v) is 4.77. The Morgan fingerprint density at radius 3 is 2.19 bits per heavy atom. The summed E-state index contributed by atoms with van der Waals surface area (Å²) >= 11 is 0. The number of ether oxygens (including phenoxy) is 2. The number of esters is 1. The Labute approximate surface area is 150 Å². The Morgan fingerprint density at radius 2 is 1.70 bits per heavy atom. The molecule has 0 aliphatic heterocycles. The van der Waals surface area contributed by atoms with Crippen LogP contribution in [0.5, 0.6) is 11.5 Å². The lowest BCUT2D eigenvalue weighted by atomic mass is 10.2. The van der Waals surface area contributed by atoms with Gasteiger partial charge in [-0.1, -0.05) is 0 Å². The number of nitro groups is 1. The van der Waals surface area contributed by atoms with Crippen LogP contribution < -0.4 is 9.47 Å². The van der Waals surface area contributed by atoms with E-state index in [9.17, 15) is 36.5 Å². The molecule has 8 nitrogen and oxygen atoms in total. The molecular formula is C15H10F3NO7S. The first-order valence-electron chi connectivity index (χ1n) is 6.93. The number of nitrogens with zero attached hydrogens (tertiary/aromatic N) is 1. The Kier molecular flexibility index (Phi) is 5.40. The summed E-state index contributed by atoms with van der Waals surface area (Å²) in [5, 5.41) is 11.0. The van der Waals surface area contributed by atoms with Gasteiger partial charge in [0.2, 0.25) is 5.75 Å².